The van der Waals surface area contributed by atoms with Gasteiger partial charge in [-0.1, -0.05) is 12.1 Å². The van der Waals surface area contributed by atoms with Gasteiger partial charge in [-0.25, -0.2) is 0 Å². The first-order valence-corrected chi connectivity index (χ1v) is 9.56. The standard InChI is InChI=1S/C20H26N4O/c21-14-17-15-23(12-13-24(17)16-8-9-16)20(25)18-6-2-3-7-19(18)22-10-4-1-5-11-22/h2-3,6-7,16-17H,1,4-5,8-13,15H2. The largest absolute Gasteiger partial charge is 0.371 e. The summed E-state index contributed by atoms with van der Waals surface area (Å²) < 4.78 is 0. The third kappa shape index (κ3) is 3.36. The second-order valence-electron chi connectivity index (χ2n) is 7.43. The molecule has 132 valence electrons. The van der Waals surface area contributed by atoms with Crippen LogP contribution in [0.1, 0.15) is 42.5 Å². The van der Waals surface area contributed by atoms with Crippen molar-refractivity contribution in [2.24, 2.45) is 0 Å². The van der Waals surface area contributed by atoms with Gasteiger partial charge >= 0.3 is 0 Å². The van der Waals surface area contributed by atoms with Crippen LogP contribution in [0, 0.1) is 11.3 Å². The van der Waals surface area contributed by atoms with E-state index in [1.165, 1.54) is 32.1 Å². The van der Waals surface area contributed by atoms with Crippen LogP contribution in [-0.4, -0.2) is 60.5 Å². The van der Waals surface area contributed by atoms with Gasteiger partial charge in [0.05, 0.1) is 11.6 Å². The van der Waals surface area contributed by atoms with E-state index in [4.69, 9.17) is 0 Å². The lowest BCUT2D eigenvalue weighted by atomic mass is 10.1. The first-order chi connectivity index (χ1) is 12.3. The van der Waals surface area contributed by atoms with Crippen LogP contribution in [0.3, 0.4) is 0 Å². The van der Waals surface area contributed by atoms with Crippen LogP contribution in [0.2, 0.25) is 0 Å². The fourth-order valence-electron chi connectivity index (χ4n) is 4.18. The van der Waals surface area contributed by atoms with Crippen LogP contribution >= 0.6 is 0 Å². The summed E-state index contributed by atoms with van der Waals surface area (Å²) >= 11 is 0. The van der Waals surface area contributed by atoms with Crippen LogP contribution in [0.5, 0.6) is 0 Å². The van der Waals surface area contributed by atoms with Crippen molar-refractivity contribution in [3.63, 3.8) is 0 Å². The molecule has 2 aliphatic heterocycles. The van der Waals surface area contributed by atoms with E-state index in [0.29, 0.717) is 12.6 Å². The average Bonchev–Trinajstić information content (AvgIpc) is 3.53. The minimum Gasteiger partial charge on any atom is -0.371 e. The van der Waals surface area contributed by atoms with Gasteiger partial charge in [-0.05, 0) is 44.2 Å². The molecule has 5 heteroatoms. The molecule has 0 bridgehead atoms. The highest BCUT2D eigenvalue weighted by molar-refractivity contribution is 6.00. The van der Waals surface area contributed by atoms with Crippen molar-refractivity contribution in [1.82, 2.24) is 9.80 Å². The van der Waals surface area contributed by atoms with Gasteiger partial charge in [0.15, 0.2) is 0 Å². The van der Waals surface area contributed by atoms with Gasteiger partial charge in [-0.2, -0.15) is 5.26 Å². The van der Waals surface area contributed by atoms with Crippen LogP contribution in [0.4, 0.5) is 5.69 Å². The third-order valence-corrected chi connectivity index (χ3v) is 5.71. The van der Waals surface area contributed by atoms with Crippen molar-refractivity contribution in [3.8, 4) is 6.07 Å². The monoisotopic (exact) mass is 338 g/mol. The number of benzene rings is 1. The maximum Gasteiger partial charge on any atom is 0.256 e. The number of carbonyl (C=O) groups excluding carboxylic acids is 1. The second kappa shape index (κ2) is 7.05. The number of nitriles is 1. The number of piperazine rings is 1. The maximum absolute atomic E-state index is 13.2. The average molecular weight is 338 g/mol. The highest BCUT2D eigenvalue weighted by Gasteiger charge is 2.39. The molecule has 1 saturated carbocycles. The number of piperidine rings is 1. The second-order valence-corrected chi connectivity index (χ2v) is 7.43. The first kappa shape index (κ1) is 16.4. The van der Waals surface area contributed by atoms with E-state index < -0.39 is 0 Å². The van der Waals surface area contributed by atoms with E-state index in [-0.39, 0.29) is 11.9 Å². The molecule has 1 aromatic rings. The number of hydrogen-bond donors (Lipinski definition) is 0. The minimum atomic E-state index is -0.160. The normalized spacial score (nSPS) is 24.8. The highest BCUT2D eigenvalue weighted by atomic mass is 16.2. The molecule has 1 aromatic carbocycles. The Labute approximate surface area is 149 Å². The van der Waals surface area contributed by atoms with E-state index in [9.17, 15) is 10.1 Å². The number of rotatable bonds is 3. The van der Waals surface area contributed by atoms with E-state index in [1.54, 1.807) is 0 Å². The summed E-state index contributed by atoms with van der Waals surface area (Å²) in [6.07, 6.45) is 6.06. The van der Waals surface area contributed by atoms with Crippen LogP contribution in [-0.2, 0) is 0 Å². The lowest BCUT2D eigenvalue weighted by molar-refractivity contribution is 0.0551. The van der Waals surface area contributed by atoms with Gasteiger partial charge in [-0.3, -0.25) is 9.69 Å². The Kier molecular flexibility index (Phi) is 4.63. The number of carbonyl (C=O) groups is 1. The van der Waals surface area contributed by atoms with Gasteiger partial charge in [0, 0.05) is 44.5 Å². The number of nitrogens with zero attached hydrogens (tertiary/aromatic N) is 4. The molecule has 4 rings (SSSR count). The molecule has 1 atom stereocenters. The molecule has 0 radical (unpaired) electrons. The predicted molar refractivity (Wildman–Crippen MR) is 97.5 cm³/mol. The molecular weight excluding hydrogens is 312 g/mol. The SMILES string of the molecule is N#CC1CN(C(=O)c2ccccc2N2CCCCC2)CCN1C1CC1. The fourth-order valence-corrected chi connectivity index (χ4v) is 4.18. The molecule has 3 aliphatic rings. The van der Waals surface area contributed by atoms with Gasteiger partial charge in [-0.15, -0.1) is 0 Å². The maximum atomic E-state index is 13.2. The van der Waals surface area contributed by atoms with Crippen molar-refractivity contribution in [2.75, 3.05) is 37.6 Å². The Morgan fingerprint density at radius 2 is 1.80 bits per heavy atom. The summed E-state index contributed by atoms with van der Waals surface area (Å²) in [5, 5.41) is 9.53. The quantitative estimate of drug-likeness (QED) is 0.850. The number of para-hydroxylation sites is 1. The lowest BCUT2D eigenvalue weighted by Crippen LogP contribution is -2.55. The number of anilines is 1. The Morgan fingerprint density at radius 1 is 1.04 bits per heavy atom. The molecule has 3 fully saturated rings. The molecule has 2 saturated heterocycles. The summed E-state index contributed by atoms with van der Waals surface area (Å²) in [6, 6.07) is 10.8. The number of amides is 1. The van der Waals surface area contributed by atoms with Crippen molar-refractivity contribution >= 4 is 11.6 Å². The summed E-state index contributed by atoms with van der Waals surface area (Å²) in [5.74, 6) is 0.0804. The Bertz CT molecular complexity index is 673. The van der Waals surface area contributed by atoms with Crippen LogP contribution in [0.15, 0.2) is 24.3 Å². The molecule has 0 spiro atoms. The lowest BCUT2D eigenvalue weighted by Gasteiger charge is -2.39. The van der Waals surface area contributed by atoms with Gasteiger partial charge in [0.2, 0.25) is 0 Å². The van der Waals surface area contributed by atoms with Gasteiger partial charge in [0.25, 0.3) is 5.91 Å². The smallest absolute Gasteiger partial charge is 0.256 e. The first-order valence-electron chi connectivity index (χ1n) is 9.56. The van der Waals surface area contributed by atoms with Crippen molar-refractivity contribution in [3.05, 3.63) is 29.8 Å². The molecular formula is C20H26N4O. The van der Waals surface area contributed by atoms with E-state index in [1.807, 2.05) is 23.1 Å². The molecule has 1 amide bonds. The predicted octanol–water partition coefficient (Wildman–Crippen LogP) is 2.49. The van der Waals surface area contributed by atoms with Gasteiger partial charge < -0.3 is 9.80 Å². The van der Waals surface area contributed by atoms with Crippen molar-refractivity contribution < 1.29 is 4.79 Å². The molecule has 0 aromatic heterocycles. The highest BCUT2D eigenvalue weighted by Crippen LogP contribution is 2.31. The molecule has 5 nitrogen and oxygen atoms in total. The van der Waals surface area contributed by atoms with E-state index >= 15 is 0 Å². The summed E-state index contributed by atoms with van der Waals surface area (Å²) in [5.41, 5.74) is 1.85. The summed E-state index contributed by atoms with van der Waals surface area (Å²) in [7, 11) is 0. The fraction of sp³-hybridized carbons (Fsp3) is 0.600. The zero-order chi connectivity index (χ0) is 17.2. The van der Waals surface area contributed by atoms with Gasteiger partial charge in [0.1, 0.15) is 6.04 Å². The topological polar surface area (TPSA) is 50.6 Å². The third-order valence-electron chi connectivity index (χ3n) is 5.71. The number of hydrogen-bond acceptors (Lipinski definition) is 4. The zero-order valence-corrected chi connectivity index (χ0v) is 14.7. The van der Waals surface area contributed by atoms with E-state index in [0.717, 1.165) is 37.4 Å². The van der Waals surface area contributed by atoms with Crippen molar-refractivity contribution in [1.29, 1.82) is 5.26 Å². The van der Waals surface area contributed by atoms with E-state index in [2.05, 4.69) is 21.9 Å². The summed E-state index contributed by atoms with van der Waals surface area (Å²) in [6.45, 7) is 4.13. The molecule has 2 heterocycles. The Hall–Kier alpha value is -2.06. The summed E-state index contributed by atoms with van der Waals surface area (Å²) in [4.78, 5) is 19.7. The molecule has 1 unspecified atom stereocenters. The molecule has 0 N–H and O–H groups in total. The zero-order valence-electron chi connectivity index (χ0n) is 14.7. The Morgan fingerprint density at radius 3 is 2.52 bits per heavy atom. The van der Waals surface area contributed by atoms with Crippen LogP contribution < -0.4 is 4.90 Å². The minimum absolute atomic E-state index is 0.0804. The van der Waals surface area contributed by atoms with Crippen molar-refractivity contribution in [2.45, 2.75) is 44.2 Å². The molecule has 25 heavy (non-hydrogen) atoms. The Balaban J connectivity index is 1.52. The molecule has 1 aliphatic carbocycles. The van der Waals surface area contributed by atoms with Crippen LogP contribution in [0.25, 0.3) is 0 Å².